The summed E-state index contributed by atoms with van der Waals surface area (Å²) in [4.78, 5) is 63.9. The predicted octanol–water partition coefficient (Wildman–Crippen LogP) is 1.26. The lowest BCUT2D eigenvalue weighted by molar-refractivity contribution is -0.135. The molecule has 3 fully saturated rings. The molecule has 1 unspecified atom stereocenters. The van der Waals surface area contributed by atoms with E-state index in [2.05, 4.69) is 10.6 Å². The molecule has 0 radical (unpaired) electrons. The third kappa shape index (κ3) is 5.73. The molecule has 262 valence electrons. The number of anilines is 2. The van der Waals surface area contributed by atoms with Gasteiger partial charge >= 0.3 is 15.9 Å². The Morgan fingerprint density at radius 1 is 1.04 bits per heavy atom. The van der Waals surface area contributed by atoms with Gasteiger partial charge < -0.3 is 10.4 Å². The number of halogens is 2. The fourth-order valence-electron chi connectivity index (χ4n) is 6.99. The molecule has 4 N–H and O–H groups in total. The van der Waals surface area contributed by atoms with Crippen LogP contribution in [0.4, 0.5) is 20.2 Å². The van der Waals surface area contributed by atoms with Crippen LogP contribution in [0.15, 0.2) is 47.3 Å². The third-order valence-electron chi connectivity index (χ3n) is 9.43. The molecule has 7 rings (SSSR count). The molecular weight excluding hydrogens is 680 g/mol. The molecule has 0 bridgehead atoms. The number of carbonyl (C=O) groups is 4. The number of piperidine rings is 2. The van der Waals surface area contributed by atoms with Gasteiger partial charge in [-0.25, -0.2) is 22.6 Å². The van der Waals surface area contributed by atoms with Crippen molar-refractivity contribution in [3.05, 3.63) is 64.3 Å². The number of alkyl halides is 1. The van der Waals surface area contributed by atoms with E-state index in [0.717, 1.165) is 6.07 Å². The molecule has 3 aromatic carbocycles. The van der Waals surface area contributed by atoms with Gasteiger partial charge in [0.2, 0.25) is 17.7 Å². The van der Waals surface area contributed by atoms with E-state index in [-0.39, 0.29) is 48.8 Å². The second-order valence-corrected chi connectivity index (χ2v) is 14.2. The lowest BCUT2D eigenvalue weighted by atomic mass is 9.88. The van der Waals surface area contributed by atoms with Crippen molar-refractivity contribution >= 4 is 67.0 Å². The number of nitrogens with one attached hydrogen (secondary N) is 3. The van der Waals surface area contributed by atoms with Crippen LogP contribution in [0.1, 0.15) is 36.8 Å². The minimum Gasteiger partial charge on any atom is -0.506 e. The number of likely N-dealkylation sites (tertiary alicyclic amines) is 1. The third-order valence-corrected chi connectivity index (χ3v) is 10.8. The number of hydrogen-bond acceptors (Lipinski definition) is 9. The average Bonchev–Trinajstić information content (AvgIpc) is 3.46. The van der Waals surface area contributed by atoms with Crippen LogP contribution in [0.5, 0.6) is 5.75 Å². The molecule has 1 aromatic heterocycles. The molecule has 3 aliphatic heterocycles. The number of aromatic hydroxyl groups is 1. The van der Waals surface area contributed by atoms with Crippen LogP contribution in [0.3, 0.4) is 0 Å². The fraction of sp³-hybridized carbons (Fsp3) is 0.344. The highest BCUT2D eigenvalue weighted by Gasteiger charge is 2.38. The minimum absolute atomic E-state index is 0.0554. The number of aromatic nitrogens is 2. The van der Waals surface area contributed by atoms with Crippen molar-refractivity contribution in [3.8, 4) is 5.75 Å². The van der Waals surface area contributed by atoms with Crippen LogP contribution in [0.25, 0.3) is 21.8 Å². The molecule has 0 saturated carbocycles. The largest absolute Gasteiger partial charge is 0.506 e. The van der Waals surface area contributed by atoms with Crippen molar-refractivity contribution < 1.29 is 41.5 Å². The van der Waals surface area contributed by atoms with Crippen LogP contribution < -0.4 is 25.4 Å². The van der Waals surface area contributed by atoms with E-state index in [1.807, 2.05) is 0 Å². The number of fused-ring (bicyclic) bond motifs is 2. The first kappa shape index (κ1) is 33.2. The number of amides is 4. The summed E-state index contributed by atoms with van der Waals surface area (Å²) in [6.07, 6.45) is -0.787. The van der Waals surface area contributed by atoms with Crippen LogP contribution in [0, 0.1) is 5.82 Å². The molecule has 15 nitrogen and oxygen atoms in total. The Kier molecular flexibility index (Phi) is 8.09. The van der Waals surface area contributed by atoms with E-state index in [1.54, 1.807) is 34.9 Å². The highest BCUT2D eigenvalue weighted by atomic mass is 32.2. The molecule has 0 aliphatic carbocycles. The average molecular weight is 712 g/mol. The van der Waals surface area contributed by atoms with E-state index in [9.17, 15) is 37.5 Å². The van der Waals surface area contributed by atoms with Gasteiger partial charge in [-0.1, -0.05) is 6.07 Å². The minimum atomic E-state index is -4.38. The van der Waals surface area contributed by atoms with Crippen molar-refractivity contribution in [1.29, 1.82) is 0 Å². The second kappa shape index (κ2) is 12.2. The van der Waals surface area contributed by atoms with E-state index in [0.29, 0.717) is 27.4 Å². The Hall–Kier alpha value is -5.36. The summed E-state index contributed by atoms with van der Waals surface area (Å²) in [5, 5.41) is 15.6. The van der Waals surface area contributed by atoms with Gasteiger partial charge in [-0.2, -0.15) is 8.42 Å². The number of imidazole rings is 1. The molecule has 3 aliphatic rings. The summed E-state index contributed by atoms with van der Waals surface area (Å²) in [5.74, 6) is -4.67. The van der Waals surface area contributed by atoms with Gasteiger partial charge in [0, 0.05) is 43.5 Å². The van der Waals surface area contributed by atoms with Crippen molar-refractivity contribution in [2.24, 2.45) is 7.05 Å². The molecule has 3 atom stereocenters. The number of nitrogens with zero attached hydrogens (tertiary/aromatic N) is 4. The normalized spacial score (nSPS) is 22.6. The molecular formula is C32H31F2N7O8S. The van der Waals surface area contributed by atoms with Crippen LogP contribution in [0.2, 0.25) is 0 Å². The number of rotatable bonds is 6. The van der Waals surface area contributed by atoms with Crippen LogP contribution in [-0.4, -0.2) is 83.5 Å². The molecule has 50 heavy (non-hydrogen) atoms. The topological polar surface area (TPSA) is 192 Å². The van der Waals surface area contributed by atoms with Gasteiger partial charge in [0.25, 0.3) is 5.91 Å². The first-order valence-corrected chi connectivity index (χ1v) is 17.1. The van der Waals surface area contributed by atoms with E-state index in [1.165, 1.54) is 27.3 Å². The Morgan fingerprint density at radius 2 is 1.82 bits per heavy atom. The van der Waals surface area contributed by atoms with Crippen LogP contribution in [-0.2, 0) is 36.4 Å². The van der Waals surface area contributed by atoms with Gasteiger partial charge in [0.1, 0.15) is 30.2 Å². The number of carbonyl (C=O) groups excluding carboxylic acids is 4. The summed E-state index contributed by atoms with van der Waals surface area (Å²) in [5.41, 5.74) is 0.744. The van der Waals surface area contributed by atoms with E-state index < -0.39 is 81.5 Å². The Morgan fingerprint density at radius 3 is 2.54 bits per heavy atom. The molecule has 4 heterocycles. The smallest absolute Gasteiger partial charge is 0.329 e. The fourth-order valence-corrected chi connectivity index (χ4v) is 8.16. The summed E-state index contributed by atoms with van der Waals surface area (Å²) in [6.45, 7) is -0.300. The van der Waals surface area contributed by atoms with Gasteiger partial charge in [-0.15, -0.1) is 0 Å². The number of benzene rings is 3. The lowest BCUT2D eigenvalue weighted by Crippen LogP contribution is -2.44. The van der Waals surface area contributed by atoms with E-state index >= 15 is 8.78 Å². The first-order valence-electron chi connectivity index (χ1n) is 15.7. The molecule has 18 heteroatoms. The molecule has 0 spiro atoms. The second-order valence-electron chi connectivity index (χ2n) is 12.7. The van der Waals surface area contributed by atoms with Crippen LogP contribution >= 0.6 is 0 Å². The maximum atomic E-state index is 15.4. The Balaban J connectivity index is 1.06. The summed E-state index contributed by atoms with van der Waals surface area (Å²) < 4.78 is 60.2. The van der Waals surface area contributed by atoms with Gasteiger partial charge in [0.15, 0.2) is 5.82 Å². The number of phenols is 1. The zero-order valence-electron chi connectivity index (χ0n) is 26.5. The molecule has 4 amide bonds. The van der Waals surface area contributed by atoms with Gasteiger partial charge in [-0.05, 0) is 60.2 Å². The van der Waals surface area contributed by atoms with Gasteiger partial charge in [0.05, 0.1) is 17.6 Å². The number of phenolic OH excluding ortho intramolecular Hbond substituents is 1. The maximum Gasteiger partial charge on any atom is 0.329 e. The first-order chi connectivity index (χ1) is 23.7. The van der Waals surface area contributed by atoms with Crippen molar-refractivity contribution in [2.75, 3.05) is 35.8 Å². The molecule has 3 saturated heterocycles. The quantitative estimate of drug-likeness (QED) is 0.213. The zero-order valence-corrected chi connectivity index (χ0v) is 27.3. The SMILES string of the molecule is Cn1c(=O)n(C2CCC(=O)NC2=O)c2ccc([C@@H]3CN(CC(=O)Nc4ccc5c(F)c(N6CC(=O)NS6(=O)=O)c(O)cc5c4)CC[C@H]3F)cc21. The summed E-state index contributed by atoms with van der Waals surface area (Å²) in [7, 11) is -2.82. The number of aryl methyl sites for hydroxylation is 1. The summed E-state index contributed by atoms with van der Waals surface area (Å²) in [6, 6.07) is 9.47. The van der Waals surface area contributed by atoms with Crippen molar-refractivity contribution in [1.82, 2.24) is 24.1 Å². The zero-order chi connectivity index (χ0) is 35.6. The van der Waals surface area contributed by atoms with Gasteiger partial charge in [-0.3, -0.25) is 38.5 Å². The monoisotopic (exact) mass is 711 g/mol. The van der Waals surface area contributed by atoms with Crippen molar-refractivity contribution in [3.63, 3.8) is 0 Å². The Bertz CT molecular complexity index is 2310. The summed E-state index contributed by atoms with van der Waals surface area (Å²) >= 11 is 0. The highest BCUT2D eigenvalue weighted by Crippen LogP contribution is 2.39. The molecule has 4 aromatic rings. The Labute approximate surface area is 282 Å². The van der Waals surface area contributed by atoms with E-state index in [4.69, 9.17) is 0 Å². The standard InChI is InChI=1S/C32H31F2N7O8S/c1-38-24-11-16(2-5-22(24)41(32(38)47)23-6-7-26(43)36-31(23)46)20-13-39(9-8-21(20)33)14-27(44)35-18-3-4-19-17(10-18)12-25(42)30(29(19)34)40-15-28(45)37-50(40,48)49/h2-5,10-12,20-21,23,42H,6-9,13-15H2,1H3,(H,35,44)(H,37,45)(H,36,43,46)/t20-,21+,23?/m0/s1. The van der Waals surface area contributed by atoms with Crippen molar-refractivity contribution in [2.45, 2.75) is 37.4 Å². The highest BCUT2D eigenvalue weighted by molar-refractivity contribution is 7.92. The number of imide groups is 1. The maximum absolute atomic E-state index is 15.4. The predicted molar refractivity (Wildman–Crippen MR) is 176 cm³/mol. The number of hydrogen-bond donors (Lipinski definition) is 4. The lowest BCUT2D eigenvalue weighted by Gasteiger charge is -2.35.